The molecule has 0 aromatic carbocycles. The summed E-state index contributed by atoms with van der Waals surface area (Å²) in [6, 6.07) is 4.03. The van der Waals surface area contributed by atoms with E-state index in [1.165, 1.54) is 0 Å². The van der Waals surface area contributed by atoms with Crippen LogP contribution in [0.2, 0.25) is 0 Å². The van der Waals surface area contributed by atoms with Crippen LogP contribution in [0.3, 0.4) is 0 Å². The molecule has 138 valence electrons. The van der Waals surface area contributed by atoms with E-state index >= 15 is 0 Å². The van der Waals surface area contributed by atoms with Crippen molar-refractivity contribution in [3.8, 4) is 11.3 Å². The predicted octanol–water partition coefficient (Wildman–Crippen LogP) is 1.44. The Bertz CT molecular complexity index is 1080. The van der Waals surface area contributed by atoms with Crippen LogP contribution in [0.15, 0.2) is 43.1 Å². The van der Waals surface area contributed by atoms with Gasteiger partial charge in [-0.15, -0.1) is 0 Å². The van der Waals surface area contributed by atoms with Gasteiger partial charge in [0, 0.05) is 38.1 Å². The average molecular weight is 363 g/mol. The molecule has 4 N–H and O–H groups in total. The Morgan fingerprint density at radius 2 is 1.96 bits per heavy atom. The highest BCUT2D eigenvalue weighted by atomic mass is 15.2. The van der Waals surface area contributed by atoms with E-state index in [1.54, 1.807) is 17.1 Å². The number of nitrogens with two attached hydrogens (primary N) is 1. The van der Waals surface area contributed by atoms with Crippen LogP contribution in [0.25, 0.3) is 16.9 Å². The maximum absolute atomic E-state index is 5.99. The molecule has 4 rings (SSSR count). The van der Waals surface area contributed by atoms with Crippen molar-refractivity contribution in [2.75, 3.05) is 18.1 Å². The number of nitrogens with one attached hydrogen (secondary N) is 2. The molecule has 0 radical (unpaired) electrons. The minimum atomic E-state index is 0.363. The standard InChI is InChI=1S/C18H21N9/c1-20-7-14-8-21-16-4-3-12(10-27(14)16)5-23-18-17(19)22-9-15(25-18)13-6-24-26(2)11-13/h3-4,6,8-11,20H,5,7H2,1-2H3,(H2,19,22)(H,23,25). The van der Waals surface area contributed by atoms with E-state index in [-0.39, 0.29) is 0 Å². The first-order valence-corrected chi connectivity index (χ1v) is 8.59. The molecule has 4 aromatic rings. The van der Waals surface area contributed by atoms with Crippen molar-refractivity contribution >= 4 is 17.3 Å². The van der Waals surface area contributed by atoms with Gasteiger partial charge >= 0.3 is 0 Å². The Labute approximate surface area is 156 Å². The number of imidazole rings is 1. The third-order valence-electron chi connectivity index (χ3n) is 4.26. The van der Waals surface area contributed by atoms with Gasteiger partial charge in [0.1, 0.15) is 5.65 Å². The van der Waals surface area contributed by atoms with Crippen LogP contribution in [0.1, 0.15) is 11.3 Å². The summed E-state index contributed by atoms with van der Waals surface area (Å²) in [7, 11) is 3.78. The van der Waals surface area contributed by atoms with Crippen LogP contribution in [-0.2, 0) is 20.1 Å². The summed E-state index contributed by atoms with van der Waals surface area (Å²) in [5, 5.41) is 10.6. The average Bonchev–Trinajstić information content (AvgIpc) is 3.28. The van der Waals surface area contributed by atoms with Crippen LogP contribution in [-0.4, -0.2) is 36.2 Å². The number of nitrogens with zero attached hydrogens (tertiary/aromatic N) is 6. The molecule has 0 amide bonds. The number of hydrogen-bond acceptors (Lipinski definition) is 7. The van der Waals surface area contributed by atoms with E-state index in [0.717, 1.165) is 34.7 Å². The van der Waals surface area contributed by atoms with Crippen molar-refractivity contribution < 1.29 is 0 Å². The van der Waals surface area contributed by atoms with Gasteiger partial charge in [0.2, 0.25) is 0 Å². The van der Waals surface area contributed by atoms with Crippen molar-refractivity contribution in [3.05, 3.63) is 54.4 Å². The van der Waals surface area contributed by atoms with Gasteiger partial charge in [0.25, 0.3) is 0 Å². The Balaban J connectivity index is 1.56. The van der Waals surface area contributed by atoms with Crippen LogP contribution in [0, 0.1) is 0 Å². The molecule has 0 spiro atoms. The summed E-state index contributed by atoms with van der Waals surface area (Å²) in [6.45, 7) is 1.33. The SMILES string of the molecule is CNCc1cnc2ccc(CNc3nc(-c4cnn(C)c4)cnc3N)cn12. The van der Waals surface area contributed by atoms with Crippen molar-refractivity contribution in [1.82, 2.24) is 34.4 Å². The topological polar surface area (TPSA) is 111 Å². The molecule has 27 heavy (non-hydrogen) atoms. The van der Waals surface area contributed by atoms with Gasteiger partial charge in [-0.2, -0.15) is 5.10 Å². The van der Waals surface area contributed by atoms with Crippen molar-refractivity contribution in [3.63, 3.8) is 0 Å². The fourth-order valence-corrected chi connectivity index (χ4v) is 2.90. The third-order valence-corrected chi connectivity index (χ3v) is 4.26. The Morgan fingerprint density at radius 3 is 2.74 bits per heavy atom. The van der Waals surface area contributed by atoms with E-state index in [1.807, 2.05) is 38.6 Å². The van der Waals surface area contributed by atoms with E-state index < -0.39 is 0 Å². The van der Waals surface area contributed by atoms with Crippen LogP contribution in [0.4, 0.5) is 11.6 Å². The third kappa shape index (κ3) is 3.44. The van der Waals surface area contributed by atoms with Gasteiger partial charge in [-0.05, 0) is 18.7 Å². The molecule has 0 fully saturated rings. The van der Waals surface area contributed by atoms with E-state index in [2.05, 4.69) is 41.3 Å². The minimum absolute atomic E-state index is 0.363. The fourth-order valence-electron chi connectivity index (χ4n) is 2.90. The van der Waals surface area contributed by atoms with Crippen molar-refractivity contribution in [1.29, 1.82) is 0 Å². The summed E-state index contributed by atoms with van der Waals surface area (Å²) < 4.78 is 3.80. The van der Waals surface area contributed by atoms with E-state index in [0.29, 0.717) is 18.2 Å². The quantitative estimate of drug-likeness (QED) is 0.475. The number of rotatable bonds is 6. The van der Waals surface area contributed by atoms with Gasteiger partial charge < -0.3 is 20.8 Å². The Hall–Kier alpha value is -3.46. The second-order valence-corrected chi connectivity index (χ2v) is 6.29. The van der Waals surface area contributed by atoms with Gasteiger partial charge in [-0.25, -0.2) is 15.0 Å². The number of aromatic nitrogens is 6. The monoisotopic (exact) mass is 363 g/mol. The lowest BCUT2D eigenvalue weighted by Gasteiger charge is -2.10. The summed E-state index contributed by atoms with van der Waals surface area (Å²) in [5.74, 6) is 0.916. The molecule has 0 aliphatic heterocycles. The fraction of sp³-hybridized carbons (Fsp3) is 0.222. The zero-order valence-corrected chi connectivity index (χ0v) is 15.2. The zero-order chi connectivity index (χ0) is 18.8. The Morgan fingerprint density at radius 1 is 1.07 bits per heavy atom. The maximum Gasteiger partial charge on any atom is 0.169 e. The number of fused-ring (bicyclic) bond motifs is 1. The zero-order valence-electron chi connectivity index (χ0n) is 15.2. The molecule has 0 atom stereocenters. The van der Waals surface area contributed by atoms with Gasteiger partial charge in [-0.1, -0.05) is 6.07 Å². The summed E-state index contributed by atoms with van der Waals surface area (Å²) in [5.41, 5.74) is 10.7. The lowest BCUT2D eigenvalue weighted by molar-refractivity contribution is 0.768. The van der Waals surface area contributed by atoms with Crippen molar-refractivity contribution in [2.24, 2.45) is 7.05 Å². The van der Waals surface area contributed by atoms with Crippen LogP contribution in [0.5, 0.6) is 0 Å². The largest absolute Gasteiger partial charge is 0.381 e. The van der Waals surface area contributed by atoms with Crippen molar-refractivity contribution in [2.45, 2.75) is 13.1 Å². The van der Waals surface area contributed by atoms with Crippen LogP contribution < -0.4 is 16.4 Å². The highest BCUT2D eigenvalue weighted by molar-refractivity contribution is 5.64. The molecule has 4 heterocycles. The highest BCUT2D eigenvalue weighted by Gasteiger charge is 2.09. The summed E-state index contributed by atoms with van der Waals surface area (Å²) in [4.78, 5) is 13.2. The molecule has 0 aliphatic carbocycles. The van der Waals surface area contributed by atoms with Gasteiger partial charge in [-0.3, -0.25) is 4.68 Å². The second kappa shape index (κ2) is 7.04. The van der Waals surface area contributed by atoms with Gasteiger partial charge in [0.15, 0.2) is 11.6 Å². The smallest absolute Gasteiger partial charge is 0.169 e. The molecule has 0 unspecified atom stereocenters. The first-order chi connectivity index (χ1) is 13.1. The molecule has 4 aromatic heterocycles. The predicted molar refractivity (Wildman–Crippen MR) is 104 cm³/mol. The summed E-state index contributed by atoms with van der Waals surface area (Å²) >= 11 is 0. The number of hydrogen-bond donors (Lipinski definition) is 3. The molecule has 0 bridgehead atoms. The van der Waals surface area contributed by atoms with E-state index in [9.17, 15) is 0 Å². The van der Waals surface area contributed by atoms with Gasteiger partial charge in [0.05, 0.1) is 30.0 Å². The molecule has 0 aliphatic rings. The maximum atomic E-state index is 5.99. The lowest BCUT2D eigenvalue weighted by atomic mass is 10.2. The molecular formula is C18H21N9. The number of nitrogen functional groups attached to an aromatic ring is 1. The summed E-state index contributed by atoms with van der Waals surface area (Å²) in [6.07, 6.45) is 9.24. The van der Waals surface area contributed by atoms with E-state index in [4.69, 9.17) is 5.73 Å². The Kier molecular flexibility index (Phi) is 4.43. The number of pyridine rings is 1. The molecular weight excluding hydrogens is 342 g/mol. The molecule has 9 nitrogen and oxygen atoms in total. The number of aryl methyl sites for hydroxylation is 1. The minimum Gasteiger partial charge on any atom is -0.381 e. The number of anilines is 2. The molecule has 0 saturated carbocycles. The molecule has 9 heteroatoms. The van der Waals surface area contributed by atoms with Crippen LogP contribution >= 0.6 is 0 Å². The normalized spacial score (nSPS) is 11.2. The molecule has 0 saturated heterocycles. The highest BCUT2D eigenvalue weighted by Crippen LogP contribution is 2.21. The second-order valence-electron chi connectivity index (χ2n) is 6.29. The first-order valence-electron chi connectivity index (χ1n) is 8.59. The lowest BCUT2D eigenvalue weighted by Crippen LogP contribution is -2.09. The first kappa shape index (κ1) is 17.0.